The largest absolute Gasteiger partial charge is 0.481 e. The van der Waals surface area contributed by atoms with Gasteiger partial charge in [-0.2, -0.15) is 0 Å². The molecule has 1 amide bonds. The molecule has 8 heteroatoms. The van der Waals surface area contributed by atoms with Gasteiger partial charge in [-0.25, -0.2) is 9.37 Å². The Kier molecular flexibility index (Phi) is 7.28. The molecule has 1 atom stereocenters. The van der Waals surface area contributed by atoms with Gasteiger partial charge in [0.15, 0.2) is 0 Å². The van der Waals surface area contributed by atoms with Crippen molar-refractivity contribution in [3.8, 4) is 0 Å². The molecular weight excluding hydrogens is 487 g/mol. The zero-order valence-corrected chi connectivity index (χ0v) is 19.3. The molecule has 2 aromatic carbocycles. The number of hydrogen-bond acceptors (Lipinski definition) is 3. The summed E-state index contributed by atoms with van der Waals surface area (Å²) in [4.78, 5) is 28.6. The van der Waals surface area contributed by atoms with Gasteiger partial charge in [-0.1, -0.05) is 33.6 Å². The summed E-state index contributed by atoms with van der Waals surface area (Å²) in [5.41, 5.74) is 3.06. The summed E-state index contributed by atoms with van der Waals surface area (Å²) in [6.45, 7) is 3.72. The van der Waals surface area contributed by atoms with Gasteiger partial charge in [-0.3, -0.25) is 9.59 Å². The van der Waals surface area contributed by atoms with E-state index < -0.39 is 11.8 Å². The third kappa shape index (κ3) is 5.40. The van der Waals surface area contributed by atoms with Crippen LogP contribution in [0, 0.1) is 19.7 Å². The number of carbonyl (C=O) groups is 2. The number of amides is 1. The van der Waals surface area contributed by atoms with Gasteiger partial charge in [0.1, 0.15) is 11.0 Å². The Bertz CT molecular complexity index is 1170. The molecule has 0 radical (unpaired) electrons. The number of benzene rings is 2. The topological polar surface area (TPSA) is 79.3 Å². The van der Waals surface area contributed by atoms with Crippen molar-refractivity contribution in [3.63, 3.8) is 0 Å². The van der Waals surface area contributed by atoms with Gasteiger partial charge < -0.3 is 10.4 Å². The summed E-state index contributed by atoms with van der Waals surface area (Å²) < 4.78 is 14.6. The van der Waals surface area contributed by atoms with Crippen molar-refractivity contribution in [2.24, 2.45) is 0 Å². The molecule has 1 unspecified atom stereocenters. The molecule has 0 aliphatic heterocycles. The Labute approximate surface area is 192 Å². The lowest BCUT2D eigenvalue weighted by molar-refractivity contribution is -0.137. The van der Waals surface area contributed by atoms with Gasteiger partial charge in [0, 0.05) is 28.7 Å². The first-order chi connectivity index (χ1) is 14.7. The molecule has 0 fully saturated rings. The van der Waals surface area contributed by atoms with E-state index >= 15 is 0 Å². The number of halogens is 3. The van der Waals surface area contributed by atoms with Crippen LogP contribution in [0.3, 0.4) is 0 Å². The SMILES string of the molecule is Cc1ccc(F)cc1C(CCC(=O)O)CNC(=O)c1c(C)c(Cl)nc2ccc(Br)cc12. The summed E-state index contributed by atoms with van der Waals surface area (Å²) in [7, 11) is 0. The van der Waals surface area contributed by atoms with Gasteiger partial charge in [-0.05, 0) is 67.3 Å². The van der Waals surface area contributed by atoms with Crippen molar-refractivity contribution in [3.05, 3.63) is 74.1 Å². The van der Waals surface area contributed by atoms with Crippen LogP contribution in [0.5, 0.6) is 0 Å². The van der Waals surface area contributed by atoms with E-state index in [9.17, 15) is 14.0 Å². The molecule has 0 aliphatic rings. The zero-order chi connectivity index (χ0) is 22.7. The molecule has 3 aromatic rings. The maximum absolute atomic E-state index is 13.9. The van der Waals surface area contributed by atoms with E-state index in [-0.39, 0.29) is 36.4 Å². The first-order valence-electron chi connectivity index (χ1n) is 9.68. The lowest BCUT2D eigenvalue weighted by atomic mass is 9.90. The minimum atomic E-state index is -0.946. The number of hydrogen-bond donors (Lipinski definition) is 2. The van der Waals surface area contributed by atoms with E-state index in [1.807, 2.05) is 13.0 Å². The van der Waals surface area contributed by atoms with Crippen LogP contribution in [-0.2, 0) is 4.79 Å². The van der Waals surface area contributed by atoms with Crippen LogP contribution < -0.4 is 5.32 Å². The van der Waals surface area contributed by atoms with Crippen LogP contribution in [0.1, 0.15) is 45.8 Å². The Morgan fingerprint density at radius 1 is 1.23 bits per heavy atom. The highest BCUT2D eigenvalue weighted by molar-refractivity contribution is 9.10. The monoisotopic (exact) mass is 506 g/mol. The zero-order valence-electron chi connectivity index (χ0n) is 17.0. The second-order valence-corrected chi connectivity index (χ2v) is 8.68. The highest BCUT2D eigenvalue weighted by atomic mass is 79.9. The van der Waals surface area contributed by atoms with Crippen molar-refractivity contribution in [2.75, 3.05) is 6.54 Å². The van der Waals surface area contributed by atoms with E-state index in [0.29, 0.717) is 27.6 Å². The van der Waals surface area contributed by atoms with Crippen LogP contribution in [-0.4, -0.2) is 28.5 Å². The number of nitrogens with one attached hydrogen (secondary N) is 1. The van der Waals surface area contributed by atoms with Gasteiger partial charge >= 0.3 is 5.97 Å². The molecule has 162 valence electrons. The Morgan fingerprint density at radius 2 is 1.97 bits per heavy atom. The molecule has 31 heavy (non-hydrogen) atoms. The molecule has 3 rings (SSSR count). The predicted molar refractivity (Wildman–Crippen MR) is 122 cm³/mol. The summed E-state index contributed by atoms with van der Waals surface area (Å²) in [6.07, 6.45) is 0.175. The van der Waals surface area contributed by atoms with Gasteiger partial charge in [0.25, 0.3) is 5.91 Å². The third-order valence-corrected chi connectivity index (χ3v) is 6.12. The second kappa shape index (κ2) is 9.75. The standard InChI is InChI=1S/C23H21BrClFN2O3/c1-12-3-6-16(26)10-17(12)14(4-8-20(29)30)11-27-23(31)21-13(2)22(25)28-19-7-5-15(24)9-18(19)21/h3,5-7,9-10,14H,4,8,11H2,1-2H3,(H,27,31)(H,29,30). The van der Waals surface area contributed by atoms with Crippen molar-refractivity contribution < 1.29 is 19.1 Å². The number of nitrogens with zero attached hydrogens (tertiary/aromatic N) is 1. The Balaban J connectivity index is 1.92. The van der Waals surface area contributed by atoms with Crippen LogP contribution in [0.4, 0.5) is 4.39 Å². The minimum Gasteiger partial charge on any atom is -0.481 e. The van der Waals surface area contributed by atoms with Gasteiger partial charge in [0.05, 0.1) is 11.1 Å². The van der Waals surface area contributed by atoms with Gasteiger partial charge in [0.2, 0.25) is 0 Å². The van der Waals surface area contributed by atoms with Crippen molar-refractivity contribution in [2.45, 2.75) is 32.6 Å². The van der Waals surface area contributed by atoms with Gasteiger partial charge in [-0.15, -0.1) is 0 Å². The molecule has 1 heterocycles. The molecule has 0 saturated carbocycles. The number of rotatable bonds is 7. The first-order valence-corrected chi connectivity index (χ1v) is 10.9. The summed E-state index contributed by atoms with van der Waals surface area (Å²) in [5, 5.41) is 12.9. The molecule has 0 aliphatic carbocycles. The lowest BCUT2D eigenvalue weighted by Gasteiger charge is -2.20. The van der Waals surface area contributed by atoms with E-state index in [2.05, 4.69) is 26.2 Å². The number of carbonyl (C=O) groups excluding carboxylic acids is 1. The number of carboxylic acids is 1. The quantitative estimate of drug-likeness (QED) is 0.397. The summed E-state index contributed by atoms with van der Waals surface area (Å²) in [5.74, 6) is -2.05. The highest BCUT2D eigenvalue weighted by Gasteiger charge is 2.21. The summed E-state index contributed by atoms with van der Waals surface area (Å²) in [6, 6.07) is 9.80. The average Bonchev–Trinajstić information content (AvgIpc) is 2.71. The number of carboxylic acid groups (broad SMARTS) is 1. The van der Waals surface area contributed by atoms with Crippen LogP contribution in [0.15, 0.2) is 40.9 Å². The number of aliphatic carboxylic acids is 1. The number of aryl methyl sites for hydroxylation is 1. The number of fused-ring (bicyclic) bond motifs is 1. The fraction of sp³-hybridized carbons (Fsp3) is 0.261. The molecule has 0 spiro atoms. The molecule has 2 N–H and O–H groups in total. The fourth-order valence-corrected chi connectivity index (χ4v) is 4.16. The van der Waals surface area contributed by atoms with E-state index in [1.165, 1.54) is 12.1 Å². The van der Waals surface area contributed by atoms with Crippen molar-refractivity contribution in [1.82, 2.24) is 10.3 Å². The predicted octanol–water partition coefficient (Wildman–Crippen LogP) is 5.79. The van der Waals surface area contributed by atoms with E-state index in [1.54, 1.807) is 25.1 Å². The second-order valence-electron chi connectivity index (χ2n) is 7.40. The first kappa shape index (κ1) is 23.2. The number of aromatic nitrogens is 1. The maximum Gasteiger partial charge on any atom is 0.303 e. The molecule has 5 nitrogen and oxygen atoms in total. The fourth-order valence-electron chi connectivity index (χ4n) is 3.61. The molecular formula is C23H21BrClFN2O3. The Morgan fingerprint density at radius 3 is 2.68 bits per heavy atom. The number of pyridine rings is 1. The van der Waals surface area contributed by atoms with E-state index in [4.69, 9.17) is 16.7 Å². The minimum absolute atomic E-state index is 0.0908. The summed E-state index contributed by atoms with van der Waals surface area (Å²) >= 11 is 9.67. The molecule has 0 bridgehead atoms. The van der Waals surface area contributed by atoms with Crippen LogP contribution in [0.2, 0.25) is 5.15 Å². The highest BCUT2D eigenvalue weighted by Crippen LogP contribution is 2.29. The van der Waals surface area contributed by atoms with Crippen molar-refractivity contribution in [1.29, 1.82) is 0 Å². The van der Waals surface area contributed by atoms with Crippen LogP contribution >= 0.6 is 27.5 Å². The average molecular weight is 508 g/mol. The maximum atomic E-state index is 13.9. The van der Waals surface area contributed by atoms with E-state index in [0.717, 1.165) is 10.0 Å². The molecule has 1 aromatic heterocycles. The third-order valence-electron chi connectivity index (χ3n) is 5.25. The lowest BCUT2D eigenvalue weighted by Crippen LogP contribution is -2.30. The smallest absolute Gasteiger partial charge is 0.303 e. The molecule has 0 saturated heterocycles. The normalized spacial score (nSPS) is 12.0. The Hall–Kier alpha value is -2.51. The van der Waals surface area contributed by atoms with Crippen molar-refractivity contribution >= 4 is 50.3 Å². The van der Waals surface area contributed by atoms with Crippen LogP contribution in [0.25, 0.3) is 10.9 Å².